The Morgan fingerprint density at radius 1 is 1.29 bits per heavy atom. The summed E-state index contributed by atoms with van der Waals surface area (Å²) in [5.74, 6) is -8.45. The second-order valence-corrected chi connectivity index (χ2v) is 4.13. The van der Waals surface area contributed by atoms with Crippen LogP contribution < -0.4 is 5.32 Å². The third kappa shape index (κ3) is 3.24. The monoisotopic (exact) mass is 329 g/mol. The number of nitrogens with one attached hydrogen (secondary N) is 1. The van der Waals surface area contributed by atoms with Crippen LogP contribution in [0.4, 0.5) is 23.2 Å². The van der Waals surface area contributed by atoms with E-state index in [1.807, 2.05) is 0 Å². The van der Waals surface area contributed by atoms with E-state index >= 15 is 0 Å². The van der Waals surface area contributed by atoms with Crippen LogP contribution in [0.1, 0.15) is 10.4 Å². The van der Waals surface area contributed by atoms with E-state index in [0.717, 1.165) is 12.1 Å². The van der Waals surface area contributed by atoms with Crippen LogP contribution in [0, 0.1) is 0 Å². The van der Waals surface area contributed by atoms with E-state index < -0.39 is 35.2 Å². The number of methoxy groups -OCH3 is 1. The third-order valence-electron chi connectivity index (χ3n) is 2.41. The van der Waals surface area contributed by atoms with Gasteiger partial charge in [-0.1, -0.05) is 17.7 Å². The Balaban J connectivity index is 3.21. The Bertz CT molecular complexity index is 578. The van der Waals surface area contributed by atoms with Gasteiger partial charge in [-0.3, -0.25) is 4.79 Å². The molecule has 1 rings (SSSR count). The molecule has 1 amide bonds. The highest BCUT2D eigenvalue weighted by Crippen LogP contribution is 2.36. The molecule has 5 nitrogen and oxygen atoms in total. The molecular formula is C11H8ClF4NO4. The van der Waals surface area contributed by atoms with E-state index in [0.29, 0.717) is 7.11 Å². The molecule has 0 aliphatic rings. The van der Waals surface area contributed by atoms with E-state index in [-0.39, 0.29) is 5.02 Å². The number of aromatic carboxylic acids is 1. The molecule has 116 valence electrons. The van der Waals surface area contributed by atoms with Crippen LogP contribution in [0.3, 0.4) is 0 Å². The summed E-state index contributed by atoms with van der Waals surface area (Å²) >= 11 is 5.57. The normalized spacial score (nSPS) is 14.4. The highest BCUT2D eigenvalue weighted by Gasteiger charge is 2.63. The number of halogens is 5. The summed E-state index contributed by atoms with van der Waals surface area (Å²) in [4.78, 5) is 22.4. The number of alkyl halides is 4. The van der Waals surface area contributed by atoms with Gasteiger partial charge in [-0.25, -0.2) is 4.79 Å². The zero-order valence-corrected chi connectivity index (χ0v) is 11.0. The highest BCUT2D eigenvalue weighted by atomic mass is 35.5. The van der Waals surface area contributed by atoms with Crippen molar-refractivity contribution in [3.05, 3.63) is 28.8 Å². The number of rotatable bonds is 4. The maximum atomic E-state index is 13.6. The topological polar surface area (TPSA) is 75.6 Å². The molecule has 21 heavy (non-hydrogen) atoms. The molecule has 1 atom stereocenters. The summed E-state index contributed by atoms with van der Waals surface area (Å²) < 4.78 is 54.7. The van der Waals surface area contributed by atoms with E-state index in [9.17, 15) is 27.2 Å². The van der Waals surface area contributed by atoms with E-state index in [1.165, 1.54) is 11.4 Å². The SMILES string of the molecule is CO[C@](F)(C(=O)Nc1cccc(Cl)c1C(=O)O)C(F)(F)F. The summed E-state index contributed by atoms with van der Waals surface area (Å²) in [6.45, 7) is 0. The van der Waals surface area contributed by atoms with Crippen molar-refractivity contribution in [2.24, 2.45) is 0 Å². The molecule has 0 aromatic heterocycles. The minimum absolute atomic E-state index is 0.339. The first-order valence-corrected chi connectivity index (χ1v) is 5.56. The molecule has 1 aromatic rings. The molecule has 0 fully saturated rings. The molecule has 1 aromatic carbocycles. The van der Waals surface area contributed by atoms with Gasteiger partial charge < -0.3 is 15.2 Å². The lowest BCUT2D eigenvalue weighted by molar-refractivity contribution is -0.305. The van der Waals surface area contributed by atoms with Gasteiger partial charge in [0.25, 0.3) is 5.91 Å². The van der Waals surface area contributed by atoms with Crippen LogP contribution in [-0.2, 0) is 9.53 Å². The lowest BCUT2D eigenvalue weighted by Crippen LogP contribution is -2.52. The van der Waals surface area contributed by atoms with Gasteiger partial charge in [0.2, 0.25) is 0 Å². The van der Waals surface area contributed by atoms with Crippen LogP contribution in [0.2, 0.25) is 5.02 Å². The third-order valence-corrected chi connectivity index (χ3v) is 2.73. The number of hydrogen-bond donors (Lipinski definition) is 2. The van der Waals surface area contributed by atoms with Crippen molar-refractivity contribution in [3.8, 4) is 0 Å². The van der Waals surface area contributed by atoms with Gasteiger partial charge in [-0.2, -0.15) is 17.6 Å². The minimum Gasteiger partial charge on any atom is -0.478 e. The lowest BCUT2D eigenvalue weighted by Gasteiger charge is -2.25. The molecule has 0 saturated carbocycles. The maximum Gasteiger partial charge on any atom is 0.458 e. The maximum absolute atomic E-state index is 13.6. The molecule has 0 radical (unpaired) electrons. The van der Waals surface area contributed by atoms with Gasteiger partial charge in [-0.05, 0) is 12.1 Å². The summed E-state index contributed by atoms with van der Waals surface area (Å²) in [5.41, 5.74) is -1.27. The molecule has 0 bridgehead atoms. The Labute approximate surface area is 120 Å². The number of anilines is 1. The zero-order chi connectivity index (χ0) is 16.4. The molecule has 0 aliphatic carbocycles. The van der Waals surface area contributed by atoms with Gasteiger partial charge in [0.05, 0.1) is 10.7 Å². The zero-order valence-electron chi connectivity index (χ0n) is 10.3. The standard InChI is InChI=1S/C11H8ClF4NO4/c1-21-10(13,11(14,15)16)9(20)17-6-4-2-3-5(12)7(6)8(18)19/h2-4H,1H3,(H,17,20)(H,18,19)/t10-/m1/s1. The quantitative estimate of drug-likeness (QED) is 0.833. The minimum atomic E-state index is -5.65. The number of ether oxygens (including phenoxy) is 1. The van der Waals surface area contributed by atoms with Gasteiger partial charge in [0.1, 0.15) is 5.56 Å². The summed E-state index contributed by atoms with van der Waals surface area (Å²) in [5, 5.41) is 10.1. The molecule has 0 aliphatic heterocycles. The lowest BCUT2D eigenvalue weighted by atomic mass is 10.1. The molecule has 0 saturated heterocycles. The summed E-state index contributed by atoms with van der Waals surface area (Å²) in [6.07, 6.45) is -5.65. The Morgan fingerprint density at radius 2 is 1.86 bits per heavy atom. The summed E-state index contributed by atoms with van der Waals surface area (Å²) in [7, 11) is 0.350. The average Bonchev–Trinajstić information content (AvgIpc) is 2.35. The average molecular weight is 330 g/mol. The van der Waals surface area contributed by atoms with Gasteiger partial charge in [-0.15, -0.1) is 0 Å². The van der Waals surface area contributed by atoms with Crippen LogP contribution >= 0.6 is 11.6 Å². The van der Waals surface area contributed by atoms with Gasteiger partial charge >= 0.3 is 18.0 Å². The van der Waals surface area contributed by atoms with E-state index in [2.05, 4.69) is 4.74 Å². The van der Waals surface area contributed by atoms with E-state index in [1.54, 1.807) is 0 Å². The van der Waals surface area contributed by atoms with Crippen molar-refractivity contribution in [1.29, 1.82) is 0 Å². The Kier molecular flexibility index (Phi) is 4.79. The molecule has 2 N–H and O–H groups in total. The molecule has 10 heteroatoms. The molecule has 0 heterocycles. The van der Waals surface area contributed by atoms with Crippen LogP contribution in [0.15, 0.2) is 18.2 Å². The van der Waals surface area contributed by atoms with Crippen molar-refractivity contribution in [1.82, 2.24) is 0 Å². The second kappa shape index (κ2) is 5.86. The first-order valence-electron chi connectivity index (χ1n) is 5.18. The number of carbonyl (C=O) groups is 2. The van der Waals surface area contributed by atoms with Crippen molar-refractivity contribution in [2.45, 2.75) is 12.0 Å². The number of carboxylic acid groups (broad SMARTS) is 1. The molecular weight excluding hydrogens is 322 g/mol. The number of benzene rings is 1. The van der Waals surface area contributed by atoms with E-state index in [4.69, 9.17) is 16.7 Å². The number of carboxylic acids is 1. The largest absolute Gasteiger partial charge is 0.478 e. The first kappa shape index (κ1) is 17.2. The fraction of sp³-hybridized carbons (Fsp3) is 0.273. The fourth-order valence-corrected chi connectivity index (χ4v) is 1.64. The predicted octanol–water partition coefficient (Wildman–Crippen LogP) is 2.85. The molecule has 0 unspecified atom stereocenters. The van der Waals surface area contributed by atoms with Crippen molar-refractivity contribution >= 4 is 29.2 Å². The van der Waals surface area contributed by atoms with Gasteiger partial charge in [0.15, 0.2) is 0 Å². The van der Waals surface area contributed by atoms with Crippen LogP contribution in [0.5, 0.6) is 0 Å². The Morgan fingerprint density at radius 3 is 2.29 bits per heavy atom. The van der Waals surface area contributed by atoms with Crippen molar-refractivity contribution < 1.29 is 37.0 Å². The van der Waals surface area contributed by atoms with Crippen molar-refractivity contribution in [2.75, 3.05) is 12.4 Å². The number of carbonyl (C=O) groups excluding carboxylic acids is 1. The Hall–Kier alpha value is -1.87. The van der Waals surface area contributed by atoms with Crippen LogP contribution in [-0.4, -0.2) is 36.1 Å². The molecule has 0 spiro atoms. The smallest absolute Gasteiger partial charge is 0.458 e. The van der Waals surface area contributed by atoms with Crippen molar-refractivity contribution in [3.63, 3.8) is 0 Å². The van der Waals surface area contributed by atoms with Gasteiger partial charge in [0, 0.05) is 7.11 Å². The first-order chi connectivity index (χ1) is 9.54. The number of hydrogen-bond acceptors (Lipinski definition) is 3. The predicted molar refractivity (Wildman–Crippen MR) is 63.9 cm³/mol. The number of amides is 1. The second-order valence-electron chi connectivity index (χ2n) is 3.72. The summed E-state index contributed by atoms with van der Waals surface area (Å²) in [6, 6.07) is 3.27. The highest BCUT2D eigenvalue weighted by molar-refractivity contribution is 6.34. The van der Waals surface area contributed by atoms with Crippen LogP contribution in [0.25, 0.3) is 0 Å². The fourth-order valence-electron chi connectivity index (χ4n) is 1.39.